The van der Waals surface area contributed by atoms with Crippen molar-refractivity contribution in [3.63, 3.8) is 0 Å². The number of para-hydroxylation sites is 2. The number of hydrogen-bond acceptors (Lipinski definition) is 1. The van der Waals surface area contributed by atoms with Gasteiger partial charge >= 0.3 is 0 Å². The first-order chi connectivity index (χ1) is 9.24. The van der Waals surface area contributed by atoms with Gasteiger partial charge in [0.1, 0.15) is 0 Å². The zero-order valence-corrected chi connectivity index (χ0v) is 11.0. The van der Waals surface area contributed by atoms with E-state index in [1.807, 2.05) is 60.7 Å². The van der Waals surface area contributed by atoms with Gasteiger partial charge in [-0.15, -0.1) is 0 Å². The molecule has 0 amide bonds. The van der Waals surface area contributed by atoms with Gasteiger partial charge < -0.3 is 16.4 Å². The van der Waals surface area contributed by atoms with Crippen LogP contribution in [0.2, 0.25) is 0 Å². The van der Waals surface area contributed by atoms with E-state index in [-0.39, 0.29) is 5.96 Å². The first kappa shape index (κ1) is 13.0. The maximum atomic E-state index is 5.77. The third-order valence-corrected chi connectivity index (χ3v) is 2.49. The number of nitrogens with zero attached hydrogens (tertiary/aromatic N) is 1. The topological polar surface area (TPSA) is 62.4 Å². The summed E-state index contributed by atoms with van der Waals surface area (Å²) >= 11 is 5.11. The van der Waals surface area contributed by atoms with E-state index in [0.717, 1.165) is 11.4 Å². The number of anilines is 2. The number of rotatable bonds is 2. The second-order valence-corrected chi connectivity index (χ2v) is 4.17. The molecular formula is C14H14N4S. The van der Waals surface area contributed by atoms with E-state index >= 15 is 0 Å². The summed E-state index contributed by atoms with van der Waals surface area (Å²) in [5.74, 6) is 0.250. The molecular weight excluding hydrogens is 256 g/mol. The van der Waals surface area contributed by atoms with E-state index < -0.39 is 0 Å². The number of hydrogen-bond donors (Lipinski definition) is 3. The van der Waals surface area contributed by atoms with Crippen molar-refractivity contribution in [1.29, 1.82) is 0 Å². The molecule has 0 aromatic heterocycles. The molecule has 0 spiro atoms. The summed E-state index contributed by atoms with van der Waals surface area (Å²) in [5, 5.41) is 6.25. The maximum Gasteiger partial charge on any atom is 0.200 e. The van der Waals surface area contributed by atoms with Gasteiger partial charge in [0.05, 0.1) is 0 Å². The Morgan fingerprint density at radius 2 is 1.32 bits per heavy atom. The highest BCUT2D eigenvalue weighted by Gasteiger charge is 1.98. The maximum absolute atomic E-state index is 5.77. The Morgan fingerprint density at radius 1 is 0.842 bits per heavy atom. The van der Waals surface area contributed by atoms with Gasteiger partial charge in [0, 0.05) is 11.4 Å². The Hall–Kier alpha value is -2.40. The van der Waals surface area contributed by atoms with Crippen molar-refractivity contribution in [2.45, 2.75) is 0 Å². The fourth-order valence-corrected chi connectivity index (χ4v) is 1.70. The van der Waals surface area contributed by atoms with Gasteiger partial charge in [-0.05, 0) is 36.5 Å². The first-order valence-electron chi connectivity index (χ1n) is 5.76. The van der Waals surface area contributed by atoms with Crippen molar-refractivity contribution >= 4 is 34.7 Å². The molecule has 2 aromatic rings. The monoisotopic (exact) mass is 270 g/mol. The number of thiocarbonyl (C=S) groups is 1. The van der Waals surface area contributed by atoms with Gasteiger partial charge in [-0.3, -0.25) is 0 Å². The lowest BCUT2D eigenvalue weighted by Gasteiger charge is -2.07. The molecule has 0 aliphatic heterocycles. The van der Waals surface area contributed by atoms with Crippen LogP contribution in [0.5, 0.6) is 0 Å². The van der Waals surface area contributed by atoms with Crippen LogP contribution in [0, 0.1) is 0 Å². The average molecular weight is 270 g/mol. The lowest BCUT2D eigenvalue weighted by atomic mass is 10.3. The zero-order valence-electron chi connectivity index (χ0n) is 10.2. The van der Waals surface area contributed by atoms with Gasteiger partial charge in [0.25, 0.3) is 0 Å². The molecule has 0 unspecified atom stereocenters. The van der Waals surface area contributed by atoms with Crippen LogP contribution in [-0.4, -0.2) is 11.1 Å². The third kappa shape index (κ3) is 4.40. The minimum Gasteiger partial charge on any atom is -0.369 e. The highest BCUT2D eigenvalue weighted by Crippen LogP contribution is 2.06. The summed E-state index contributed by atoms with van der Waals surface area (Å²) < 4.78 is 0. The summed E-state index contributed by atoms with van der Waals surface area (Å²) in [6.45, 7) is 0. The number of benzene rings is 2. The number of nitrogens with two attached hydrogens (primary N) is 1. The Bertz CT molecular complexity index is 567. The van der Waals surface area contributed by atoms with E-state index in [2.05, 4.69) is 15.6 Å². The van der Waals surface area contributed by atoms with Gasteiger partial charge in [-0.25, -0.2) is 0 Å². The van der Waals surface area contributed by atoms with E-state index in [1.165, 1.54) is 0 Å². The van der Waals surface area contributed by atoms with Gasteiger partial charge in [-0.2, -0.15) is 4.99 Å². The predicted octanol–water partition coefficient (Wildman–Crippen LogP) is 2.81. The minimum atomic E-state index is 0.250. The van der Waals surface area contributed by atoms with Crippen molar-refractivity contribution in [2.75, 3.05) is 10.6 Å². The van der Waals surface area contributed by atoms with Crippen LogP contribution in [0.3, 0.4) is 0 Å². The fourth-order valence-electron chi connectivity index (χ4n) is 1.48. The van der Waals surface area contributed by atoms with Gasteiger partial charge in [-0.1, -0.05) is 36.4 Å². The standard InChI is InChI=1S/C14H14N4S/c15-13(16-11-7-3-1-4-8-11)18-14(19)17-12-9-5-2-6-10-12/h1-10H,(H4,15,16,17,18,19). The fraction of sp³-hybridized carbons (Fsp3) is 0. The highest BCUT2D eigenvalue weighted by atomic mass is 32.1. The molecule has 4 N–H and O–H groups in total. The number of aliphatic imine (C=N–C) groups is 1. The van der Waals surface area contributed by atoms with E-state index in [0.29, 0.717) is 5.11 Å². The summed E-state index contributed by atoms with van der Waals surface area (Å²) in [4.78, 5) is 4.07. The smallest absolute Gasteiger partial charge is 0.200 e. The van der Waals surface area contributed by atoms with Crippen molar-refractivity contribution in [1.82, 2.24) is 0 Å². The first-order valence-corrected chi connectivity index (χ1v) is 6.17. The van der Waals surface area contributed by atoms with Crippen LogP contribution < -0.4 is 16.4 Å². The molecule has 4 nitrogen and oxygen atoms in total. The molecule has 0 fully saturated rings. The van der Waals surface area contributed by atoms with E-state index in [9.17, 15) is 0 Å². The zero-order chi connectivity index (χ0) is 13.5. The molecule has 0 heterocycles. The van der Waals surface area contributed by atoms with Crippen LogP contribution in [0.4, 0.5) is 11.4 Å². The average Bonchev–Trinajstić information content (AvgIpc) is 2.40. The molecule has 2 aromatic carbocycles. The Labute approximate surface area is 117 Å². The molecule has 0 saturated carbocycles. The Kier molecular flexibility index (Phi) is 4.47. The van der Waals surface area contributed by atoms with Crippen molar-refractivity contribution in [3.8, 4) is 0 Å². The lowest BCUT2D eigenvalue weighted by Crippen LogP contribution is -2.25. The highest BCUT2D eigenvalue weighted by molar-refractivity contribution is 7.80. The van der Waals surface area contributed by atoms with Crippen LogP contribution in [0.1, 0.15) is 0 Å². The molecule has 0 aliphatic rings. The van der Waals surface area contributed by atoms with Crippen molar-refractivity contribution in [3.05, 3.63) is 60.7 Å². The molecule has 0 aliphatic carbocycles. The van der Waals surface area contributed by atoms with E-state index in [1.54, 1.807) is 0 Å². The molecule has 0 saturated heterocycles. The normalized spacial score (nSPS) is 10.8. The summed E-state index contributed by atoms with van der Waals surface area (Å²) in [6.07, 6.45) is 0. The molecule has 96 valence electrons. The van der Waals surface area contributed by atoms with Crippen LogP contribution in [0.25, 0.3) is 0 Å². The summed E-state index contributed by atoms with van der Waals surface area (Å²) in [6, 6.07) is 19.1. The molecule has 0 radical (unpaired) electrons. The molecule has 5 heteroatoms. The number of nitrogens with one attached hydrogen (secondary N) is 2. The Balaban J connectivity index is 1.95. The second-order valence-electron chi connectivity index (χ2n) is 3.78. The molecule has 2 rings (SSSR count). The Morgan fingerprint density at radius 3 is 1.84 bits per heavy atom. The van der Waals surface area contributed by atoms with Crippen LogP contribution in [-0.2, 0) is 0 Å². The predicted molar refractivity (Wildman–Crippen MR) is 84.3 cm³/mol. The lowest BCUT2D eigenvalue weighted by molar-refractivity contribution is 1.50. The number of guanidine groups is 1. The van der Waals surface area contributed by atoms with Crippen LogP contribution in [0.15, 0.2) is 65.7 Å². The van der Waals surface area contributed by atoms with Gasteiger partial charge in [0.15, 0.2) is 0 Å². The summed E-state index contributed by atoms with van der Waals surface area (Å²) in [7, 11) is 0. The van der Waals surface area contributed by atoms with E-state index in [4.69, 9.17) is 18.0 Å². The summed E-state index contributed by atoms with van der Waals surface area (Å²) in [5.41, 5.74) is 7.52. The van der Waals surface area contributed by atoms with Crippen molar-refractivity contribution in [2.24, 2.45) is 10.7 Å². The third-order valence-electron chi connectivity index (χ3n) is 2.29. The largest absolute Gasteiger partial charge is 0.369 e. The van der Waals surface area contributed by atoms with Crippen LogP contribution >= 0.6 is 12.2 Å². The molecule has 0 atom stereocenters. The van der Waals surface area contributed by atoms with Gasteiger partial charge in [0.2, 0.25) is 11.1 Å². The second kappa shape index (κ2) is 6.51. The SMILES string of the molecule is N/C(=N\C(=S)Nc1ccccc1)Nc1ccccc1. The minimum absolute atomic E-state index is 0.250. The molecule has 0 bridgehead atoms. The molecule has 19 heavy (non-hydrogen) atoms. The van der Waals surface area contributed by atoms with Crippen molar-refractivity contribution < 1.29 is 0 Å². The quantitative estimate of drug-likeness (QED) is 0.446.